The summed E-state index contributed by atoms with van der Waals surface area (Å²) in [5, 5.41) is 7.82. The monoisotopic (exact) mass is 643 g/mol. The number of halogens is 6. The van der Waals surface area contributed by atoms with E-state index in [1.165, 1.54) is 86.8 Å². The molecule has 42 heavy (non-hydrogen) atoms. The summed E-state index contributed by atoms with van der Waals surface area (Å²) in [7, 11) is -8.35. The van der Waals surface area contributed by atoms with E-state index < -0.39 is 51.8 Å². The summed E-state index contributed by atoms with van der Waals surface area (Å²) in [5.74, 6) is 0. The fraction of sp³-hybridized carbons (Fsp3) is 0.536. The Labute approximate surface area is 243 Å². The van der Waals surface area contributed by atoms with Crippen molar-refractivity contribution < 1.29 is 47.7 Å². The summed E-state index contributed by atoms with van der Waals surface area (Å²) < 4.78 is 127. The van der Waals surface area contributed by atoms with Crippen LogP contribution in [0.1, 0.15) is 69.9 Å². The molecule has 1 aromatic carbocycles. The SMILES string of the molecule is CCCCCCC[N+](C)(C)CCCC.N=C1C2=Cc3ccccc3C2=CC(S(=O)(=O)C(F)(F)F)=C1S(=O)(=O)C(F)(F)F. The van der Waals surface area contributed by atoms with Gasteiger partial charge in [-0.3, -0.25) is 5.41 Å². The number of nitrogens with one attached hydrogen (secondary N) is 1. The minimum Gasteiger partial charge on any atom is -0.328 e. The fourth-order valence-corrected chi connectivity index (χ4v) is 7.06. The summed E-state index contributed by atoms with van der Waals surface area (Å²) >= 11 is 0. The van der Waals surface area contributed by atoms with Crippen LogP contribution in [0.2, 0.25) is 0 Å². The van der Waals surface area contributed by atoms with Crippen LogP contribution >= 0.6 is 0 Å². The Morgan fingerprint density at radius 3 is 1.79 bits per heavy atom. The maximum absolute atomic E-state index is 13.0. The first-order valence-corrected chi connectivity index (χ1v) is 16.5. The van der Waals surface area contributed by atoms with Gasteiger partial charge in [-0.1, -0.05) is 63.8 Å². The first-order valence-electron chi connectivity index (χ1n) is 13.5. The molecule has 1 aromatic rings. The molecule has 0 atom stereocenters. The molecule has 6 nitrogen and oxygen atoms in total. The van der Waals surface area contributed by atoms with Crippen LogP contribution in [0, 0.1) is 5.41 Å². The largest absolute Gasteiger partial charge is 0.502 e. The van der Waals surface area contributed by atoms with Crippen molar-refractivity contribution in [3.63, 3.8) is 0 Å². The fourth-order valence-electron chi connectivity index (χ4n) is 4.60. The van der Waals surface area contributed by atoms with Crippen LogP contribution in [-0.4, -0.2) is 65.2 Å². The third-order valence-corrected chi connectivity index (χ3v) is 10.2. The molecular formula is C28H37F6N2O4S2+. The van der Waals surface area contributed by atoms with Gasteiger partial charge < -0.3 is 4.48 Å². The molecule has 236 valence electrons. The number of rotatable bonds is 11. The molecule has 0 saturated heterocycles. The third kappa shape index (κ3) is 7.93. The summed E-state index contributed by atoms with van der Waals surface area (Å²) in [4.78, 5) is -4.38. The number of fused-ring (bicyclic) bond motifs is 3. The van der Waals surface area contributed by atoms with Crippen LogP contribution in [0.15, 0.2) is 45.7 Å². The Hall–Kier alpha value is -2.45. The molecule has 0 aromatic heterocycles. The summed E-state index contributed by atoms with van der Waals surface area (Å²) in [6.07, 6.45) is 11.1. The van der Waals surface area contributed by atoms with Gasteiger partial charge in [-0.15, -0.1) is 0 Å². The van der Waals surface area contributed by atoms with Gasteiger partial charge in [-0.2, -0.15) is 26.3 Å². The smallest absolute Gasteiger partial charge is 0.328 e. The van der Waals surface area contributed by atoms with Gasteiger partial charge in [0, 0.05) is 5.57 Å². The van der Waals surface area contributed by atoms with Gasteiger partial charge in [0.2, 0.25) is 0 Å². The number of sulfone groups is 2. The van der Waals surface area contributed by atoms with E-state index >= 15 is 0 Å². The van der Waals surface area contributed by atoms with Crippen molar-refractivity contribution in [2.75, 3.05) is 27.2 Å². The summed E-state index contributed by atoms with van der Waals surface area (Å²) in [6.45, 7) is 7.27. The Bertz CT molecular complexity index is 1470. The predicted molar refractivity (Wildman–Crippen MR) is 153 cm³/mol. The first-order chi connectivity index (χ1) is 19.2. The topological polar surface area (TPSA) is 92.1 Å². The van der Waals surface area contributed by atoms with Crippen molar-refractivity contribution in [1.82, 2.24) is 0 Å². The highest BCUT2D eigenvalue weighted by Crippen LogP contribution is 2.47. The third-order valence-electron chi connectivity index (χ3n) is 6.99. The van der Waals surface area contributed by atoms with E-state index in [1.807, 2.05) is 0 Å². The van der Waals surface area contributed by atoms with Gasteiger partial charge in [-0.25, -0.2) is 16.8 Å². The van der Waals surface area contributed by atoms with Crippen LogP contribution in [0.3, 0.4) is 0 Å². The van der Waals surface area contributed by atoms with Gasteiger partial charge in [0.25, 0.3) is 19.7 Å². The molecule has 0 amide bonds. The van der Waals surface area contributed by atoms with Crippen LogP contribution in [-0.2, 0) is 19.7 Å². The zero-order chi connectivity index (χ0) is 32.1. The lowest BCUT2D eigenvalue weighted by atomic mass is 9.95. The maximum atomic E-state index is 13.0. The molecule has 2 aliphatic carbocycles. The van der Waals surface area contributed by atoms with Gasteiger partial charge in [0.1, 0.15) is 4.91 Å². The minimum absolute atomic E-state index is 0.153. The maximum Gasteiger partial charge on any atom is 0.502 e. The molecule has 0 radical (unpaired) electrons. The van der Waals surface area contributed by atoms with Gasteiger partial charge >= 0.3 is 11.0 Å². The molecule has 0 bridgehead atoms. The number of nitrogens with zero attached hydrogens (tertiary/aromatic N) is 1. The van der Waals surface area contributed by atoms with E-state index in [1.54, 1.807) is 0 Å². The van der Waals surface area contributed by atoms with Crippen LogP contribution in [0.25, 0.3) is 11.6 Å². The Morgan fingerprint density at radius 1 is 0.714 bits per heavy atom. The lowest BCUT2D eigenvalue weighted by Crippen LogP contribution is -2.41. The molecule has 3 rings (SSSR count). The van der Waals surface area contributed by atoms with Crippen LogP contribution < -0.4 is 0 Å². The van der Waals surface area contributed by atoms with Gasteiger partial charge in [0.05, 0.1) is 37.8 Å². The van der Waals surface area contributed by atoms with Gasteiger partial charge in [0.15, 0.2) is 0 Å². The Kier molecular flexibility index (Phi) is 11.5. The van der Waals surface area contributed by atoms with E-state index in [9.17, 15) is 43.2 Å². The molecule has 2 aliphatic rings. The number of hydrogen-bond acceptors (Lipinski definition) is 5. The molecule has 0 unspecified atom stereocenters. The van der Waals surface area contributed by atoms with Crippen molar-refractivity contribution in [2.24, 2.45) is 0 Å². The molecule has 0 heterocycles. The normalized spacial score (nSPS) is 15.9. The number of quaternary nitrogens is 1. The second-order valence-corrected chi connectivity index (χ2v) is 14.6. The van der Waals surface area contributed by atoms with E-state index in [0.29, 0.717) is 0 Å². The van der Waals surface area contributed by atoms with Crippen molar-refractivity contribution in [2.45, 2.75) is 69.8 Å². The predicted octanol–water partition coefficient (Wildman–Crippen LogP) is 7.41. The quantitative estimate of drug-likeness (QED) is 0.154. The number of allylic oxidation sites excluding steroid dienone is 4. The second-order valence-electron chi connectivity index (χ2n) is 10.8. The van der Waals surface area contributed by atoms with Crippen LogP contribution in [0.5, 0.6) is 0 Å². The highest BCUT2D eigenvalue weighted by Gasteiger charge is 2.57. The number of unbranched alkanes of at least 4 members (excludes halogenated alkanes) is 5. The number of benzene rings is 1. The van der Waals surface area contributed by atoms with Gasteiger partial charge in [-0.05, 0) is 48.1 Å². The molecule has 14 heteroatoms. The van der Waals surface area contributed by atoms with E-state index in [0.717, 1.165) is 6.08 Å². The van der Waals surface area contributed by atoms with E-state index in [2.05, 4.69) is 27.9 Å². The Balaban J connectivity index is 0.000000374. The molecule has 0 fully saturated rings. The van der Waals surface area contributed by atoms with Crippen molar-refractivity contribution in [3.05, 3.63) is 56.9 Å². The average Bonchev–Trinajstić information content (AvgIpc) is 3.25. The van der Waals surface area contributed by atoms with E-state index in [4.69, 9.17) is 5.41 Å². The standard InChI is InChI=1S/C15H7F6NO4S2.C13H30N/c16-14(17,18)27(23,24)11-6-9-8-4-2-1-3-7(8)5-10(9)12(22)13(11)28(25,26)15(19,20)21;1-5-7-9-10-11-13-14(3,4)12-8-6-2/h1-6,22H;5-13H2,1-4H3/q;+1. The highest BCUT2D eigenvalue weighted by atomic mass is 32.2. The molecule has 0 saturated carbocycles. The number of alkyl halides is 6. The van der Waals surface area contributed by atoms with E-state index in [-0.39, 0.29) is 22.8 Å². The lowest BCUT2D eigenvalue weighted by molar-refractivity contribution is -0.890. The van der Waals surface area contributed by atoms with Crippen molar-refractivity contribution >= 4 is 37.0 Å². The zero-order valence-corrected chi connectivity index (χ0v) is 25.6. The molecule has 1 N–H and O–H groups in total. The highest BCUT2D eigenvalue weighted by molar-refractivity contribution is 8.00. The molecular weight excluding hydrogens is 606 g/mol. The van der Waals surface area contributed by atoms with Crippen LogP contribution in [0.4, 0.5) is 26.3 Å². The summed E-state index contributed by atoms with van der Waals surface area (Å²) in [6, 6.07) is 5.69. The lowest BCUT2D eigenvalue weighted by Gasteiger charge is -2.29. The van der Waals surface area contributed by atoms with Crippen molar-refractivity contribution in [1.29, 1.82) is 5.41 Å². The average molecular weight is 644 g/mol. The second kappa shape index (κ2) is 13.5. The Morgan fingerprint density at radius 2 is 1.24 bits per heavy atom. The molecule has 0 aliphatic heterocycles. The molecule has 0 spiro atoms. The summed E-state index contributed by atoms with van der Waals surface area (Å²) in [5.41, 5.74) is -13.9. The number of hydrogen-bond donors (Lipinski definition) is 1. The first kappa shape index (κ1) is 35.7. The zero-order valence-electron chi connectivity index (χ0n) is 24.0. The van der Waals surface area contributed by atoms with Crippen molar-refractivity contribution in [3.8, 4) is 0 Å². The minimum atomic E-state index is -6.58.